The molecule has 128 valence electrons. The van der Waals surface area contributed by atoms with E-state index in [1.165, 1.54) is 17.8 Å². The van der Waals surface area contributed by atoms with Gasteiger partial charge in [-0.2, -0.15) is 10.5 Å². The second-order valence-electron chi connectivity index (χ2n) is 6.37. The third-order valence-electron chi connectivity index (χ3n) is 3.11. The predicted octanol–water partition coefficient (Wildman–Crippen LogP) is 2.64. The number of carbonyl (C=O) groups is 1. The number of pyridine rings is 1. The molecule has 0 fully saturated rings. The van der Waals surface area contributed by atoms with Crippen LogP contribution in [0.3, 0.4) is 0 Å². The van der Waals surface area contributed by atoms with Gasteiger partial charge in [0.2, 0.25) is 5.91 Å². The molecule has 0 saturated carbocycles. The molecule has 0 aromatic carbocycles. The number of anilines is 1. The van der Waals surface area contributed by atoms with Crippen LogP contribution in [0, 0.1) is 34.5 Å². The Kier molecular flexibility index (Phi) is 7.54. The van der Waals surface area contributed by atoms with Gasteiger partial charge >= 0.3 is 0 Å². The van der Waals surface area contributed by atoms with Crippen LogP contribution in [0.15, 0.2) is 11.1 Å². The molecule has 0 atom stereocenters. The summed E-state index contributed by atoms with van der Waals surface area (Å²) < 4.78 is 0. The Balaban J connectivity index is 2.87. The van der Waals surface area contributed by atoms with Gasteiger partial charge in [-0.05, 0) is 17.9 Å². The van der Waals surface area contributed by atoms with Crippen LogP contribution in [-0.2, 0) is 4.79 Å². The molecule has 0 radical (unpaired) electrons. The Morgan fingerprint density at radius 1 is 1.21 bits per heavy atom. The van der Waals surface area contributed by atoms with Crippen molar-refractivity contribution in [3.8, 4) is 12.1 Å². The molecule has 7 heteroatoms. The molecular weight excluding hydrogens is 322 g/mol. The second-order valence-corrected chi connectivity index (χ2v) is 7.34. The van der Waals surface area contributed by atoms with Crippen LogP contribution in [0.25, 0.3) is 0 Å². The number of carbonyl (C=O) groups excluding carboxylic acids is 1. The van der Waals surface area contributed by atoms with Crippen molar-refractivity contribution in [2.45, 2.75) is 32.7 Å². The zero-order valence-corrected chi connectivity index (χ0v) is 15.4. The Labute approximate surface area is 147 Å². The van der Waals surface area contributed by atoms with Gasteiger partial charge < -0.3 is 10.6 Å². The summed E-state index contributed by atoms with van der Waals surface area (Å²) in [5.74, 6) is 1.04. The van der Waals surface area contributed by atoms with Gasteiger partial charge in [0.05, 0.1) is 16.9 Å². The summed E-state index contributed by atoms with van der Waals surface area (Å²) in [6.07, 6.45) is 0. The molecule has 0 aliphatic carbocycles. The van der Waals surface area contributed by atoms with Crippen LogP contribution in [0.2, 0.25) is 0 Å². The van der Waals surface area contributed by atoms with Gasteiger partial charge in [-0.3, -0.25) is 4.79 Å². The van der Waals surface area contributed by atoms with E-state index in [9.17, 15) is 10.1 Å². The molecule has 0 spiro atoms. The highest BCUT2D eigenvalue weighted by Crippen LogP contribution is 2.24. The summed E-state index contributed by atoms with van der Waals surface area (Å²) in [5.41, 5.74) is 6.13. The lowest BCUT2D eigenvalue weighted by molar-refractivity contribution is -0.129. The SMILES string of the molecule is CC(C)CN(CC(C)C)C(=O)CSc1nc(N)c(C#N)cc1C#N. The number of aromatic nitrogens is 1. The number of nitrogen functional groups attached to an aromatic ring is 1. The molecular formula is C17H23N5OS. The Morgan fingerprint density at radius 2 is 1.75 bits per heavy atom. The van der Waals surface area contributed by atoms with E-state index in [0.29, 0.717) is 30.0 Å². The van der Waals surface area contributed by atoms with E-state index >= 15 is 0 Å². The molecule has 1 amide bonds. The van der Waals surface area contributed by atoms with Gasteiger partial charge in [0.25, 0.3) is 0 Å². The van der Waals surface area contributed by atoms with Gasteiger partial charge in [0, 0.05) is 13.1 Å². The molecule has 0 unspecified atom stereocenters. The third kappa shape index (κ3) is 5.75. The van der Waals surface area contributed by atoms with E-state index in [4.69, 9.17) is 11.0 Å². The quantitative estimate of drug-likeness (QED) is 0.761. The van der Waals surface area contributed by atoms with E-state index in [-0.39, 0.29) is 28.6 Å². The van der Waals surface area contributed by atoms with Crippen LogP contribution in [0.4, 0.5) is 5.82 Å². The first-order valence-electron chi connectivity index (χ1n) is 7.79. The summed E-state index contributed by atoms with van der Waals surface area (Å²) in [6, 6.07) is 5.31. The van der Waals surface area contributed by atoms with Crippen molar-refractivity contribution < 1.29 is 4.79 Å². The number of hydrogen-bond acceptors (Lipinski definition) is 6. The van der Waals surface area contributed by atoms with E-state index < -0.39 is 0 Å². The number of amides is 1. The lowest BCUT2D eigenvalue weighted by atomic mass is 10.1. The van der Waals surface area contributed by atoms with E-state index in [0.717, 1.165) is 0 Å². The normalized spacial score (nSPS) is 10.5. The number of thioether (sulfide) groups is 1. The average Bonchev–Trinajstić information content (AvgIpc) is 2.51. The maximum atomic E-state index is 12.5. The van der Waals surface area contributed by atoms with Gasteiger partial charge in [0.15, 0.2) is 0 Å². The number of rotatable bonds is 7. The molecule has 6 nitrogen and oxygen atoms in total. The highest BCUT2D eigenvalue weighted by atomic mass is 32.2. The van der Waals surface area contributed by atoms with E-state index in [2.05, 4.69) is 32.7 Å². The van der Waals surface area contributed by atoms with Crippen molar-refractivity contribution in [1.29, 1.82) is 10.5 Å². The summed E-state index contributed by atoms with van der Waals surface area (Å²) in [7, 11) is 0. The maximum absolute atomic E-state index is 12.5. The fourth-order valence-electron chi connectivity index (χ4n) is 2.17. The molecule has 1 aromatic rings. The van der Waals surface area contributed by atoms with Gasteiger partial charge in [-0.15, -0.1) is 0 Å². The Hall–Kier alpha value is -2.25. The van der Waals surface area contributed by atoms with Gasteiger partial charge in [0.1, 0.15) is 23.0 Å². The van der Waals surface area contributed by atoms with Crippen LogP contribution in [-0.4, -0.2) is 34.6 Å². The Morgan fingerprint density at radius 3 is 2.21 bits per heavy atom. The number of nitriles is 2. The summed E-state index contributed by atoms with van der Waals surface area (Å²) in [4.78, 5) is 18.4. The fraction of sp³-hybridized carbons (Fsp3) is 0.529. The standard InChI is InChI=1S/C17H23N5OS/c1-11(2)8-22(9-12(3)4)15(23)10-24-17-14(7-19)5-13(6-18)16(20)21-17/h5,11-12H,8-10H2,1-4H3,(H2,20,21). The largest absolute Gasteiger partial charge is 0.383 e. The molecule has 0 bridgehead atoms. The minimum absolute atomic E-state index is 0.0102. The van der Waals surface area contributed by atoms with Crippen LogP contribution < -0.4 is 5.73 Å². The first-order valence-corrected chi connectivity index (χ1v) is 8.78. The lowest BCUT2D eigenvalue weighted by Gasteiger charge is -2.26. The minimum atomic E-state index is 0.0102. The van der Waals surface area contributed by atoms with Crippen molar-refractivity contribution in [1.82, 2.24) is 9.88 Å². The Bertz CT molecular complexity index is 663. The third-order valence-corrected chi connectivity index (χ3v) is 4.09. The van der Waals surface area contributed by atoms with E-state index in [1.807, 2.05) is 17.0 Å². The zero-order valence-electron chi connectivity index (χ0n) is 14.5. The van der Waals surface area contributed by atoms with Crippen LogP contribution >= 0.6 is 11.8 Å². The predicted molar refractivity (Wildman–Crippen MR) is 95.1 cm³/mol. The molecule has 0 saturated heterocycles. The smallest absolute Gasteiger partial charge is 0.233 e. The maximum Gasteiger partial charge on any atom is 0.233 e. The molecule has 1 aromatic heterocycles. The van der Waals surface area contributed by atoms with Gasteiger partial charge in [-0.1, -0.05) is 39.5 Å². The highest BCUT2D eigenvalue weighted by molar-refractivity contribution is 8.00. The molecule has 1 heterocycles. The van der Waals surface area contributed by atoms with Gasteiger partial charge in [-0.25, -0.2) is 4.98 Å². The van der Waals surface area contributed by atoms with Crippen LogP contribution in [0.1, 0.15) is 38.8 Å². The number of hydrogen-bond donors (Lipinski definition) is 1. The zero-order chi connectivity index (χ0) is 18.3. The average molecular weight is 345 g/mol. The molecule has 0 aliphatic rings. The van der Waals surface area contributed by atoms with E-state index in [1.54, 1.807) is 0 Å². The van der Waals surface area contributed by atoms with Crippen molar-refractivity contribution in [2.24, 2.45) is 11.8 Å². The van der Waals surface area contributed by atoms with Crippen LogP contribution in [0.5, 0.6) is 0 Å². The summed E-state index contributed by atoms with van der Waals surface area (Å²) in [5, 5.41) is 18.5. The van der Waals surface area contributed by atoms with Crippen molar-refractivity contribution in [3.05, 3.63) is 17.2 Å². The highest BCUT2D eigenvalue weighted by Gasteiger charge is 2.18. The monoisotopic (exact) mass is 345 g/mol. The van der Waals surface area contributed by atoms with Crippen molar-refractivity contribution in [3.63, 3.8) is 0 Å². The number of nitrogens with two attached hydrogens (primary N) is 1. The fourth-order valence-corrected chi connectivity index (χ4v) is 3.04. The second kappa shape index (κ2) is 9.14. The number of nitrogens with zero attached hydrogens (tertiary/aromatic N) is 4. The minimum Gasteiger partial charge on any atom is -0.383 e. The summed E-state index contributed by atoms with van der Waals surface area (Å²) in [6.45, 7) is 9.70. The topological polar surface area (TPSA) is 107 Å². The molecule has 1 rings (SSSR count). The first kappa shape index (κ1) is 19.8. The molecule has 0 aliphatic heterocycles. The summed E-state index contributed by atoms with van der Waals surface area (Å²) >= 11 is 1.18. The molecule has 2 N–H and O–H groups in total. The van der Waals surface area contributed by atoms with Crippen molar-refractivity contribution in [2.75, 3.05) is 24.6 Å². The first-order chi connectivity index (χ1) is 11.3. The lowest BCUT2D eigenvalue weighted by Crippen LogP contribution is -2.38. The molecule has 24 heavy (non-hydrogen) atoms. The van der Waals surface area contributed by atoms with Crippen molar-refractivity contribution >= 4 is 23.5 Å².